The summed E-state index contributed by atoms with van der Waals surface area (Å²) < 4.78 is 14.4. The van der Waals surface area contributed by atoms with Gasteiger partial charge in [0.05, 0.1) is 20.3 Å². The number of aliphatic hydroxyl groups is 1. The van der Waals surface area contributed by atoms with Crippen LogP contribution in [0.15, 0.2) is 18.2 Å². The lowest BCUT2D eigenvalue weighted by atomic mass is 10.2. The van der Waals surface area contributed by atoms with Gasteiger partial charge in [-0.05, 0) is 25.1 Å². The summed E-state index contributed by atoms with van der Waals surface area (Å²) in [6.07, 6.45) is -0.174. The number of nitrogens with one attached hydrogen (secondary N) is 1. The van der Waals surface area contributed by atoms with Crippen LogP contribution in [0.4, 0.5) is 5.13 Å². The molecule has 0 saturated carbocycles. The van der Waals surface area contributed by atoms with E-state index in [0.29, 0.717) is 34.4 Å². The Balaban J connectivity index is 2.10. The van der Waals surface area contributed by atoms with Gasteiger partial charge in [0, 0.05) is 23.5 Å². The SMILES string of the molecule is COc1ccc(C(=O)Nc2nc(C[C@@H](C)O)ns2)cc1OC. The van der Waals surface area contributed by atoms with Gasteiger partial charge in [-0.3, -0.25) is 10.1 Å². The van der Waals surface area contributed by atoms with E-state index in [1.807, 2.05) is 0 Å². The summed E-state index contributed by atoms with van der Waals surface area (Å²) in [6, 6.07) is 4.88. The monoisotopic (exact) mass is 323 g/mol. The van der Waals surface area contributed by atoms with E-state index < -0.39 is 6.10 Å². The fourth-order valence-electron chi connectivity index (χ4n) is 1.80. The largest absolute Gasteiger partial charge is 0.493 e. The van der Waals surface area contributed by atoms with E-state index in [-0.39, 0.29) is 5.91 Å². The number of amides is 1. The highest BCUT2D eigenvalue weighted by molar-refractivity contribution is 7.09. The molecule has 8 heteroatoms. The lowest BCUT2D eigenvalue weighted by Crippen LogP contribution is -2.12. The van der Waals surface area contributed by atoms with Gasteiger partial charge in [-0.1, -0.05) is 0 Å². The number of methoxy groups -OCH3 is 2. The van der Waals surface area contributed by atoms with Gasteiger partial charge in [0.15, 0.2) is 11.5 Å². The number of anilines is 1. The minimum atomic E-state index is -0.524. The molecule has 2 aromatic rings. The Bertz CT molecular complexity index is 657. The maximum atomic E-state index is 12.2. The zero-order valence-corrected chi connectivity index (χ0v) is 13.3. The van der Waals surface area contributed by atoms with Gasteiger partial charge in [-0.2, -0.15) is 4.37 Å². The second-order valence-electron chi connectivity index (χ2n) is 4.59. The van der Waals surface area contributed by atoms with Crippen LogP contribution in [-0.2, 0) is 6.42 Å². The molecular formula is C14H17N3O4S. The third-order valence-corrected chi connectivity index (χ3v) is 3.48. The Morgan fingerprint density at radius 1 is 1.36 bits per heavy atom. The van der Waals surface area contributed by atoms with Crippen molar-refractivity contribution >= 4 is 22.6 Å². The minimum absolute atomic E-state index is 0.319. The molecule has 0 spiro atoms. The van der Waals surface area contributed by atoms with Crippen molar-refractivity contribution in [1.29, 1.82) is 0 Å². The van der Waals surface area contributed by atoms with E-state index >= 15 is 0 Å². The number of hydrogen-bond donors (Lipinski definition) is 2. The maximum absolute atomic E-state index is 12.2. The van der Waals surface area contributed by atoms with Gasteiger partial charge in [0.25, 0.3) is 5.91 Å². The topological polar surface area (TPSA) is 93.6 Å². The summed E-state index contributed by atoms with van der Waals surface area (Å²) in [5.74, 6) is 1.21. The van der Waals surface area contributed by atoms with Gasteiger partial charge >= 0.3 is 0 Å². The Morgan fingerprint density at radius 3 is 2.73 bits per heavy atom. The predicted molar refractivity (Wildman–Crippen MR) is 82.8 cm³/mol. The van der Waals surface area contributed by atoms with Crippen molar-refractivity contribution in [2.24, 2.45) is 0 Å². The first-order valence-corrected chi connectivity index (χ1v) is 7.35. The number of carbonyl (C=O) groups excluding carboxylic acids is 1. The number of ether oxygens (including phenoxy) is 2. The first kappa shape index (κ1) is 16.2. The third kappa shape index (κ3) is 3.92. The molecule has 2 rings (SSSR count). The number of nitrogens with zero attached hydrogens (tertiary/aromatic N) is 2. The molecule has 0 radical (unpaired) electrons. The van der Waals surface area contributed by atoms with Crippen LogP contribution in [0, 0.1) is 0 Å². The molecule has 22 heavy (non-hydrogen) atoms. The molecule has 0 saturated heterocycles. The summed E-state index contributed by atoms with van der Waals surface area (Å²) in [5.41, 5.74) is 0.421. The van der Waals surface area contributed by atoms with Crippen LogP contribution in [0.25, 0.3) is 0 Å². The van der Waals surface area contributed by atoms with Crippen molar-refractivity contribution in [2.75, 3.05) is 19.5 Å². The smallest absolute Gasteiger partial charge is 0.257 e. The standard InChI is InChI=1S/C14H17N3O4S/c1-8(18)6-12-15-14(22-17-12)16-13(19)9-4-5-10(20-2)11(7-9)21-3/h4-5,7-8,18H,6H2,1-3H3,(H,15,16,17,19)/t8-/m1/s1. The van der Waals surface area contributed by atoms with Crippen molar-refractivity contribution in [3.63, 3.8) is 0 Å². The molecule has 118 valence electrons. The average Bonchev–Trinajstić information content (AvgIpc) is 2.92. The van der Waals surface area contributed by atoms with Crippen molar-refractivity contribution in [3.8, 4) is 11.5 Å². The number of hydrogen-bond acceptors (Lipinski definition) is 7. The quantitative estimate of drug-likeness (QED) is 0.841. The highest BCUT2D eigenvalue weighted by Gasteiger charge is 2.13. The van der Waals surface area contributed by atoms with E-state index in [1.165, 1.54) is 14.2 Å². The molecule has 0 aliphatic carbocycles. The van der Waals surface area contributed by atoms with E-state index in [9.17, 15) is 9.90 Å². The van der Waals surface area contributed by atoms with Crippen LogP contribution in [0.5, 0.6) is 11.5 Å². The Hall–Kier alpha value is -2.19. The van der Waals surface area contributed by atoms with Crippen LogP contribution in [-0.4, -0.2) is 40.7 Å². The first-order valence-electron chi connectivity index (χ1n) is 6.57. The number of aromatic nitrogens is 2. The van der Waals surface area contributed by atoms with Gasteiger partial charge in [0.2, 0.25) is 5.13 Å². The minimum Gasteiger partial charge on any atom is -0.493 e. The molecule has 0 unspecified atom stereocenters. The summed E-state index contributed by atoms with van der Waals surface area (Å²) in [6.45, 7) is 1.66. The van der Waals surface area contributed by atoms with Gasteiger partial charge in [0.1, 0.15) is 5.82 Å². The molecule has 0 aliphatic rings. The second-order valence-corrected chi connectivity index (χ2v) is 5.34. The molecule has 1 amide bonds. The Kier molecular flexibility index (Phi) is 5.29. The molecule has 1 aromatic heterocycles. The van der Waals surface area contributed by atoms with Gasteiger partial charge in [-0.25, -0.2) is 4.98 Å². The van der Waals surface area contributed by atoms with E-state index in [0.717, 1.165) is 11.5 Å². The van der Waals surface area contributed by atoms with Crippen molar-refractivity contribution in [3.05, 3.63) is 29.6 Å². The summed E-state index contributed by atoms with van der Waals surface area (Å²) in [7, 11) is 3.04. The van der Waals surface area contributed by atoms with Gasteiger partial charge in [-0.15, -0.1) is 0 Å². The van der Waals surface area contributed by atoms with Crippen LogP contribution < -0.4 is 14.8 Å². The third-order valence-electron chi connectivity index (χ3n) is 2.81. The van der Waals surface area contributed by atoms with E-state index in [2.05, 4.69) is 14.7 Å². The number of aliphatic hydroxyl groups excluding tert-OH is 1. The number of carbonyl (C=O) groups is 1. The molecule has 0 aliphatic heterocycles. The van der Waals surface area contributed by atoms with Crippen molar-refractivity contribution in [2.45, 2.75) is 19.4 Å². The highest BCUT2D eigenvalue weighted by atomic mass is 32.1. The fraction of sp³-hybridized carbons (Fsp3) is 0.357. The number of benzene rings is 1. The van der Waals surface area contributed by atoms with E-state index in [1.54, 1.807) is 25.1 Å². The maximum Gasteiger partial charge on any atom is 0.257 e. The second kappa shape index (κ2) is 7.19. The normalized spacial score (nSPS) is 11.8. The fourth-order valence-corrected chi connectivity index (χ4v) is 2.39. The van der Waals surface area contributed by atoms with Crippen molar-refractivity contribution < 1.29 is 19.4 Å². The molecule has 2 N–H and O–H groups in total. The lowest BCUT2D eigenvalue weighted by molar-refractivity contribution is 0.102. The van der Waals surface area contributed by atoms with E-state index in [4.69, 9.17) is 9.47 Å². The average molecular weight is 323 g/mol. The zero-order valence-electron chi connectivity index (χ0n) is 12.5. The summed E-state index contributed by atoms with van der Waals surface area (Å²) in [5, 5.41) is 12.3. The Labute approximate surface area is 132 Å². The molecule has 1 heterocycles. The molecule has 7 nitrogen and oxygen atoms in total. The lowest BCUT2D eigenvalue weighted by Gasteiger charge is -2.09. The van der Waals surface area contributed by atoms with Crippen LogP contribution in [0.1, 0.15) is 23.1 Å². The molecule has 0 fully saturated rings. The van der Waals surface area contributed by atoms with Crippen LogP contribution in [0.3, 0.4) is 0 Å². The van der Waals surface area contributed by atoms with Crippen LogP contribution >= 0.6 is 11.5 Å². The predicted octanol–water partition coefficient (Wildman–Crippen LogP) is 1.73. The van der Waals surface area contributed by atoms with Gasteiger partial charge < -0.3 is 14.6 Å². The number of rotatable bonds is 6. The van der Waals surface area contributed by atoms with Crippen molar-refractivity contribution in [1.82, 2.24) is 9.36 Å². The Morgan fingerprint density at radius 2 is 2.09 bits per heavy atom. The van der Waals surface area contributed by atoms with Crippen LogP contribution in [0.2, 0.25) is 0 Å². The summed E-state index contributed by atoms with van der Waals surface area (Å²) in [4.78, 5) is 16.3. The zero-order chi connectivity index (χ0) is 16.1. The molecule has 0 bridgehead atoms. The molecular weight excluding hydrogens is 306 g/mol. The molecule has 1 aromatic carbocycles. The molecule has 1 atom stereocenters. The highest BCUT2D eigenvalue weighted by Crippen LogP contribution is 2.28. The first-order chi connectivity index (χ1) is 10.5. The summed E-state index contributed by atoms with van der Waals surface area (Å²) >= 11 is 1.07.